The van der Waals surface area contributed by atoms with E-state index in [4.69, 9.17) is 5.14 Å². The number of piperazine rings is 1. The summed E-state index contributed by atoms with van der Waals surface area (Å²) >= 11 is 0. The molecule has 22 heavy (non-hydrogen) atoms. The number of hydrogen-bond donors (Lipinski definition) is 2. The molecule has 3 N–H and O–H groups in total. The lowest BCUT2D eigenvalue weighted by Crippen LogP contribution is -2.43. The minimum atomic E-state index is -3.79. The quantitative estimate of drug-likeness (QED) is 0.897. The average molecular weight is 317 g/mol. The first-order valence-corrected chi connectivity index (χ1v) is 8.79. The Morgan fingerprint density at radius 3 is 2.27 bits per heavy atom. The van der Waals surface area contributed by atoms with Crippen LogP contribution in [0.3, 0.4) is 0 Å². The van der Waals surface area contributed by atoms with Crippen LogP contribution in [0.1, 0.15) is 0 Å². The van der Waals surface area contributed by atoms with Gasteiger partial charge >= 0.3 is 0 Å². The molecule has 2 aromatic rings. The highest BCUT2D eigenvalue weighted by molar-refractivity contribution is 7.89. The minimum Gasteiger partial charge on any atom is -0.368 e. The number of benzene rings is 2. The maximum atomic E-state index is 12.0. The van der Waals surface area contributed by atoms with Gasteiger partial charge in [0.1, 0.15) is 0 Å². The average Bonchev–Trinajstić information content (AvgIpc) is 2.55. The maximum Gasteiger partial charge on any atom is 0.238 e. The van der Waals surface area contributed by atoms with E-state index in [0.717, 1.165) is 37.4 Å². The van der Waals surface area contributed by atoms with Crippen LogP contribution >= 0.6 is 0 Å². The third kappa shape index (κ3) is 2.99. The number of nitrogens with zero attached hydrogens (tertiary/aromatic N) is 1. The van der Waals surface area contributed by atoms with Gasteiger partial charge in [-0.25, -0.2) is 13.6 Å². The van der Waals surface area contributed by atoms with Gasteiger partial charge in [-0.3, -0.25) is 0 Å². The van der Waals surface area contributed by atoms with Gasteiger partial charge in [0.15, 0.2) is 0 Å². The van der Waals surface area contributed by atoms with E-state index in [1.165, 1.54) is 0 Å². The predicted octanol–water partition coefficient (Wildman–Crippen LogP) is 1.41. The summed E-state index contributed by atoms with van der Waals surface area (Å²) in [6.07, 6.45) is 0. The molecule has 6 heteroatoms. The zero-order chi connectivity index (χ0) is 15.6. The predicted molar refractivity (Wildman–Crippen MR) is 88.3 cm³/mol. The Kier molecular flexibility index (Phi) is 4.15. The second-order valence-corrected chi connectivity index (χ2v) is 6.83. The highest BCUT2D eigenvalue weighted by Gasteiger charge is 2.22. The fraction of sp³-hybridized carbons (Fsp3) is 0.250. The number of sulfonamides is 1. The first kappa shape index (κ1) is 15.0. The summed E-state index contributed by atoms with van der Waals surface area (Å²) in [6.45, 7) is 3.45. The lowest BCUT2D eigenvalue weighted by Gasteiger charge is -2.31. The molecule has 0 aliphatic carbocycles. The van der Waals surface area contributed by atoms with Gasteiger partial charge in [0, 0.05) is 37.4 Å². The fourth-order valence-corrected chi connectivity index (χ4v) is 3.60. The highest BCUT2D eigenvalue weighted by Crippen LogP contribution is 2.36. The monoisotopic (exact) mass is 317 g/mol. The summed E-state index contributed by atoms with van der Waals surface area (Å²) in [5, 5.41) is 8.74. The van der Waals surface area contributed by atoms with Crippen molar-refractivity contribution in [2.75, 3.05) is 31.1 Å². The third-order valence-corrected chi connectivity index (χ3v) is 4.78. The van der Waals surface area contributed by atoms with Crippen molar-refractivity contribution in [2.24, 2.45) is 5.14 Å². The molecule has 2 aromatic carbocycles. The Labute approximate surface area is 130 Å². The molecule has 0 bridgehead atoms. The summed E-state index contributed by atoms with van der Waals surface area (Å²) in [5.74, 6) is 0. The molecule has 1 fully saturated rings. The number of anilines is 1. The Hall–Kier alpha value is -1.89. The van der Waals surface area contributed by atoms with Gasteiger partial charge in [0.05, 0.1) is 4.90 Å². The molecule has 0 saturated carbocycles. The van der Waals surface area contributed by atoms with E-state index in [9.17, 15) is 8.42 Å². The molecule has 5 nitrogen and oxygen atoms in total. The van der Waals surface area contributed by atoms with E-state index in [1.54, 1.807) is 12.1 Å². The SMILES string of the molecule is NS(=O)(=O)c1cccc(N2CCNCC2)c1-c1ccccc1. The van der Waals surface area contributed by atoms with Crippen molar-refractivity contribution in [1.82, 2.24) is 5.32 Å². The zero-order valence-corrected chi connectivity index (χ0v) is 13.0. The number of rotatable bonds is 3. The third-order valence-electron chi connectivity index (χ3n) is 3.83. The summed E-state index contributed by atoms with van der Waals surface area (Å²) in [7, 11) is -3.79. The second-order valence-electron chi connectivity index (χ2n) is 5.30. The molecule has 116 valence electrons. The van der Waals surface area contributed by atoms with Crippen LogP contribution in [0.5, 0.6) is 0 Å². The van der Waals surface area contributed by atoms with Crippen LogP contribution in [0.25, 0.3) is 11.1 Å². The Morgan fingerprint density at radius 2 is 1.64 bits per heavy atom. The van der Waals surface area contributed by atoms with Crippen molar-refractivity contribution in [2.45, 2.75) is 4.90 Å². The molecule has 1 aliphatic rings. The Balaban J connectivity index is 2.22. The van der Waals surface area contributed by atoms with Crippen molar-refractivity contribution in [3.05, 3.63) is 48.5 Å². The molecule has 0 atom stereocenters. The van der Waals surface area contributed by atoms with E-state index in [-0.39, 0.29) is 4.90 Å². The molecule has 0 amide bonds. The highest BCUT2D eigenvalue weighted by atomic mass is 32.2. The van der Waals surface area contributed by atoms with E-state index in [2.05, 4.69) is 10.2 Å². The molecule has 3 rings (SSSR count). The van der Waals surface area contributed by atoms with Crippen LogP contribution in [0.15, 0.2) is 53.4 Å². The van der Waals surface area contributed by atoms with Crippen LogP contribution in [0.4, 0.5) is 5.69 Å². The molecular weight excluding hydrogens is 298 g/mol. The van der Waals surface area contributed by atoms with Crippen LogP contribution in [-0.2, 0) is 10.0 Å². The lowest BCUT2D eigenvalue weighted by atomic mass is 10.0. The van der Waals surface area contributed by atoms with Crippen LogP contribution in [0.2, 0.25) is 0 Å². The zero-order valence-electron chi connectivity index (χ0n) is 12.2. The molecule has 1 saturated heterocycles. The largest absolute Gasteiger partial charge is 0.368 e. The molecule has 1 heterocycles. The topological polar surface area (TPSA) is 75.4 Å². The normalized spacial score (nSPS) is 15.8. The van der Waals surface area contributed by atoms with Gasteiger partial charge in [-0.05, 0) is 17.7 Å². The van der Waals surface area contributed by atoms with Crippen molar-refractivity contribution in [3.63, 3.8) is 0 Å². The lowest BCUT2D eigenvalue weighted by molar-refractivity contribution is 0.588. The number of nitrogens with two attached hydrogens (primary N) is 1. The molecular formula is C16H19N3O2S. The minimum absolute atomic E-state index is 0.176. The summed E-state index contributed by atoms with van der Waals surface area (Å²) in [4.78, 5) is 2.38. The summed E-state index contributed by atoms with van der Waals surface area (Å²) in [6, 6.07) is 14.8. The van der Waals surface area contributed by atoms with E-state index in [0.29, 0.717) is 5.56 Å². The molecule has 0 unspecified atom stereocenters. The van der Waals surface area contributed by atoms with E-state index >= 15 is 0 Å². The Morgan fingerprint density at radius 1 is 0.955 bits per heavy atom. The van der Waals surface area contributed by atoms with Gasteiger partial charge in [0.2, 0.25) is 10.0 Å². The van der Waals surface area contributed by atoms with Gasteiger partial charge in [-0.1, -0.05) is 36.4 Å². The Bertz CT molecular complexity index is 754. The summed E-state index contributed by atoms with van der Waals surface area (Å²) in [5.41, 5.74) is 2.47. The first-order valence-electron chi connectivity index (χ1n) is 7.24. The summed E-state index contributed by atoms with van der Waals surface area (Å²) < 4.78 is 24.0. The maximum absolute atomic E-state index is 12.0. The molecule has 0 spiro atoms. The molecule has 1 aliphatic heterocycles. The van der Waals surface area contributed by atoms with Crippen molar-refractivity contribution in [1.29, 1.82) is 0 Å². The fourth-order valence-electron chi connectivity index (χ4n) is 2.82. The standard InChI is InChI=1S/C16H19N3O2S/c17-22(20,21)15-8-4-7-14(19-11-9-18-10-12-19)16(15)13-5-2-1-3-6-13/h1-8,18H,9-12H2,(H2,17,20,21). The molecule has 0 radical (unpaired) electrons. The number of primary sulfonamides is 1. The van der Waals surface area contributed by atoms with Gasteiger partial charge in [0.25, 0.3) is 0 Å². The second kappa shape index (κ2) is 6.08. The van der Waals surface area contributed by atoms with Gasteiger partial charge in [-0.2, -0.15) is 0 Å². The van der Waals surface area contributed by atoms with Crippen molar-refractivity contribution >= 4 is 15.7 Å². The van der Waals surface area contributed by atoms with Crippen LogP contribution in [0, 0.1) is 0 Å². The van der Waals surface area contributed by atoms with E-state index in [1.807, 2.05) is 36.4 Å². The number of hydrogen-bond acceptors (Lipinski definition) is 4. The van der Waals surface area contributed by atoms with Crippen molar-refractivity contribution in [3.8, 4) is 11.1 Å². The van der Waals surface area contributed by atoms with E-state index < -0.39 is 10.0 Å². The smallest absolute Gasteiger partial charge is 0.238 e. The van der Waals surface area contributed by atoms with Gasteiger partial charge < -0.3 is 10.2 Å². The molecule has 0 aromatic heterocycles. The first-order chi connectivity index (χ1) is 10.6. The number of nitrogens with one attached hydrogen (secondary N) is 1. The van der Waals surface area contributed by atoms with Gasteiger partial charge in [-0.15, -0.1) is 0 Å². The van der Waals surface area contributed by atoms with Crippen LogP contribution < -0.4 is 15.4 Å². The van der Waals surface area contributed by atoms with Crippen LogP contribution in [-0.4, -0.2) is 34.6 Å². The van der Waals surface area contributed by atoms with Crippen molar-refractivity contribution < 1.29 is 8.42 Å².